The molecule has 0 atom stereocenters. The van der Waals surface area contributed by atoms with Crippen LogP contribution in [0.3, 0.4) is 0 Å². The Morgan fingerprint density at radius 3 is 2.64 bits per heavy atom. The summed E-state index contributed by atoms with van der Waals surface area (Å²) in [5, 5.41) is 10.4. The van der Waals surface area contributed by atoms with Crippen LogP contribution in [0.1, 0.15) is 11.3 Å². The molecule has 3 N–H and O–H groups in total. The van der Waals surface area contributed by atoms with Gasteiger partial charge in [0.25, 0.3) is 0 Å². The Morgan fingerprint density at radius 1 is 1.00 bits per heavy atom. The van der Waals surface area contributed by atoms with E-state index >= 15 is 0 Å². The number of fused-ring (bicyclic) bond motifs is 2. The number of aliphatic imine (C=N–C) groups is 1. The maximum Gasteiger partial charge on any atom is 0.191 e. The number of guanidine groups is 1. The Morgan fingerprint density at radius 2 is 1.79 bits per heavy atom. The van der Waals surface area contributed by atoms with Crippen molar-refractivity contribution in [3.63, 3.8) is 0 Å². The van der Waals surface area contributed by atoms with Gasteiger partial charge in [-0.3, -0.25) is 9.98 Å². The van der Waals surface area contributed by atoms with E-state index in [9.17, 15) is 0 Å². The molecule has 0 radical (unpaired) electrons. The third-order valence-electron chi connectivity index (χ3n) is 4.76. The highest BCUT2D eigenvalue weighted by Gasteiger charge is 2.05. The molecule has 4 rings (SSSR count). The van der Waals surface area contributed by atoms with E-state index in [2.05, 4.69) is 62.1 Å². The van der Waals surface area contributed by atoms with E-state index in [1.807, 2.05) is 30.5 Å². The summed E-state index contributed by atoms with van der Waals surface area (Å²) < 4.78 is 0. The molecule has 0 aliphatic carbocycles. The van der Waals surface area contributed by atoms with Gasteiger partial charge in [0.2, 0.25) is 0 Å². The van der Waals surface area contributed by atoms with Gasteiger partial charge in [-0.2, -0.15) is 0 Å². The summed E-state index contributed by atoms with van der Waals surface area (Å²) in [7, 11) is 1.79. The highest BCUT2D eigenvalue weighted by Crippen LogP contribution is 2.18. The van der Waals surface area contributed by atoms with Gasteiger partial charge in [-0.25, -0.2) is 0 Å². The fraction of sp³-hybridized carbons (Fsp3) is 0.182. The van der Waals surface area contributed by atoms with Crippen molar-refractivity contribution in [2.24, 2.45) is 4.99 Å². The van der Waals surface area contributed by atoms with E-state index in [1.54, 1.807) is 7.05 Å². The minimum Gasteiger partial charge on any atom is -0.361 e. The Labute approximate surface area is 181 Å². The molecule has 0 aliphatic heterocycles. The van der Waals surface area contributed by atoms with E-state index < -0.39 is 0 Å². The Balaban J connectivity index is 0.00000225. The second-order valence-corrected chi connectivity index (χ2v) is 6.44. The van der Waals surface area contributed by atoms with Crippen molar-refractivity contribution in [2.75, 3.05) is 13.6 Å². The van der Waals surface area contributed by atoms with E-state index in [-0.39, 0.29) is 24.0 Å². The van der Waals surface area contributed by atoms with Crippen LogP contribution in [0.2, 0.25) is 0 Å². The lowest BCUT2D eigenvalue weighted by Gasteiger charge is -2.12. The maximum atomic E-state index is 4.52. The summed E-state index contributed by atoms with van der Waals surface area (Å²) in [6.07, 6.45) is 4.87. The van der Waals surface area contributed by atoms with Gasteiger partial charge in [-0.05, 0) is 29.5 Å². The molecule has 6 heteroatoms. The van der Waals surface area contributed by atoms with Gasteiger partial charge in [0, 0.05) is 42.3 Å². The zero-order valence-electron chi connectivity index (χ0n) is 15.8. The van der Waals surface area contributed by atoms with Gasteiger partial charge in [-0.15, -0.1) is 24.0 Å². The van der Waals surface area contributed by atoms with Crippen LogP contribution in [0.4, 0.5) is 0 Å². The van der Waals surface area contributed by atoms with Crippen molar-refractivity contribution in [3.8, 4) is 0 Å². The first kappa shape index (κ1) is 20.1. The summed E-state index contributed by atoms with van der Waals surface area (Å²) in [6, 6.07) is 18.7. The number of hydrogen-bond donors (Lipinski definition) is 3. The number of halogens is 1. The molecule has 0 saturated carbocycles. The fourth-order valence-corrected chi connectivity index (χ4v) is 3.37. The molecule has 5 nitrogen and oxygen atoms in total. The summed E-state index contributed by atoms with van der Waals surface area (Å²) in [4.78, 5) is 12.2. The van der Waals surface area contributed by atoms with E-state index in [1.165, 1.54) is 27.2 Å². The third-order valence-corrected chi connectivity index (χ3v) is 4.76. The molecule has 0 fully saturated rings. The van der Waals surface area contributed by atoms with Crippen molar-refractivity contribution >= 4 is 51.6 Å². The molecule has 0 unspecified atom stereocenters. The minimum absolute atomic E-state index is 0. The first-order chi connectivity index (χ1) is 13.3. The summed E-state index contributed by atoms with van der Waals surface area (Å²) in [5.74, 6) is 0.782. The number of benzene rings is 2. The summed E-state index contributed by atoms with van der Waals surface area (Å²) in [6.45, 7) is 1.44. The van der Waals surface area contributed by atoms with Gasteiger partial charge >= 0.3 is 0 Å². The molecular formula is C22H24IN5. The first-order valence-electron chi connectivity index (χ1n) is 9.17. The number of H-pyrrole nitrogens is 1. The Bertz CT molecular complexity index is 1080. The SMILES string of the molecule is CN=C(NCCc1c[nH]c2ccccc12)NCc1nccc2ccccc12.I. The van der Waals surface area contributed by atoms with E-state index in [4.69, 9.17) is 0 Å². The van der Waals surface area contributed by atoms with Crippen molar-refractivity contribution in [3.05, 3.63) is 78.2 Å². The number of nitrogens with one attached hydrogen (secondary N) is 3. The quantitative estimate of drug-likeness (QED) is 0.225. The molecule has 2 aromatic heterocycles. The van der Waals surface area contributed by atoms with Gasteiger partial charge in [0.05, 0.1) is 12.2 Å². The minimum atomic E-state index is 0. The predicted octanol–water partition coefficient (Wildman–Crippen LogP) is 4.24. The number of hydrogen-bond acceptors (Lipinski definition) is 2. The average Bonchev–Trinajstić information content (AvgIpc) is 3.13. The van der Waals surface area contributed by atoms with Crippen LogP contribution in [0.25, 0.3) is 21.7 Å². The van der Waals surface area contributed by atoms with Gasteiger partial charge in [-0.1, -0.05) is 42.5 Å². The molecule has 0 amide bonds. The maximum absolute atomic E-state index is 4.52. The van der Waals surface area contributed by atoms with Gasteiger partial charge < -0.3 is 15.6 Å². The summed E-state index contributed by atoms with van der Waals surface area (Å²) >= 11 is 0. The van der Waals surface area contributed by atoms with Crippen molar-refractivity contribution in [1.29, 1.82) is 0 Å². The van der Waals surface area contributed by atoms with Crippen LogP contribution in [0.15, 0.2) is 72.0 Å². The van der Waals surface area contributed by atoms with Crippen LogP contribution < -0.4 is 10.6 Å². The van der Waals surface area contributed by atoms with Crippen LogP contribution in [-0.4, -0.2) is 29.5 Å². The smallest absolute Gasteiger partial charge is 0.191 e. The standard InChI is InChI=1S/C22H23N5.HI/c1-23-22(25-13-11-17-14-26-20-9-5-4-8-19(17)20)27-15-21-18-7-3-2-6-16(18)10-12-24-21;/h2-10,12,14,26H,11,13,15H2,1H3,(H2,23,25,27);1H. The number of pyridine rings is 1. The number of aromatic nitrogens is 2. The van der Waals surface area contributed by atoms with Crippen LogP contribution in [0.5, 0.6) is 0 Å². The van der Waals surface area contributed by atoms with Crippen LogP contribution in [0, 0.1) is 0 Å². The zero-order valence-corrected chi connectivity index (χ0v) is 18.1. The van der Waals surface area contributed by atoms with Gasteiger partial charge in [0.1, 0.15) is 0 Å². The molecule has 4 aromatic rings. The van der Waals surface area contributed by atoms with Crippen molar-refractivity contribution < 1.29 is 0 Å². The highest BCUT2D eigenvalue weighted by atomic mass is 127. The molecular weight excluding hydrogens is 461 g/mol. The first-order valence-corrected chi connectivity index (χ1v) is 9.17. The lowest BCUT2D eigenvalue weighted by atomic mass is 10.1. The normalized spacial score (nSPS) is 11.4. The molecule has 2 aromatic carbocycles. The summed E-state index contributed by atoms with van der Waals surface area (Å²) in [5.41, 5.74) is 3.51. The predicted molar refractivity (Wildman–Crippen MR) is 127 cm³/mol. The largest absolute Gasteiger partial charge is 0.361 e. The molecule has 144 valence electrons. The van der Waals surface area contributed by atoms with Gasteiger partial charge in [0.15, 0.2) is 5.96 Å². The lowest BCUT2D eigenvalue weighted by Crippen LogP contribution is -2.38. The highest BCUT2D eigenvalue weighted by molar-refractivity contribution is 14.0. The monoisotopic (exact) mass is 485 g/mol. The molecule has 0 spiro atoms. The lowest BCUT2D eigenvalue weighted by molar-refractivity contribution is 0.788. The van der Waals surface area contributed by atoms with E-state index in [0.29, 0.717) is 6.54 Å². The van der Waals surface area contributed by atoms with Crippen molar-refractivity contribution in [2.45, 2.75) is 13.0 Å². The number of para-hydroxylation sites is 1. The number of aromatic amines is 1. The van der Waals surface area contributed by atoms with Crippen LogP contribution >= 0.6 is 24.0 Å². The molecule has 0 bridgehead atoms. The molecule has 2 heterocycles. The fourth-order valence-electron chi connectivity index (χ4n) is 3.37. The molecule has 28 heavy (non-hydrogen) atoms. The topological polar surface area (TPSA) is 65.1 Å². The Kier molecular flexibility index (Phi) is 6.86. The number of nitrogens with zero attached hydrogens (tertiary/aromatic N) is 2. The molecule has 0 aliphatic rings. The van der Waals surface area contributed by atoms with E-state index in [0.717, 1.165) is 24.6 Å². The molecule has 0 saturated heterocycles. The second kappa shape index (κ2) is 9.54. The average molecular weight is 485 g/mol. The Hall–Kier alpha value is -2.61. The zero-order chi connectivity index (χ0) is 18.5. The second-order valence-electron chi connectivity index (χ2n) is 6.44. The van der Waals surface area contributed by atoms with Crippen molar-refractivity contribution in [1.82, 2.24) is 20.6 Å². The number of rotatable bonds is 5. The van der Waals surface area contributed by atoms with Crippen LogP contribution in [-0.2, 0) is 13.0 Å². The third kappa shape index (κ3) is 4.44.